The van der Waals surface area contributed by atoms with Crippen LogP contribution in [0.1, 0.15) is 239 Å². The molecule has 6 unspecified atom stereocenters. The predicted molar refractivity (Wildman–Crippen MR) is 271 cm³/mol. The maximum atomic E-state index is 12.9. The summed E-state index contributed by atoms with van der Waals surface area (Å²) in [6, 6.07) is 0. The second-order valence-electron chi connectivity index (χ2n) is 18.8. The summed E-state index contributed by atoms with van der Waals surface area (Å²) in [5.74, 6) is -0.401. The quantitative estimate of drug-likeness (QED) is 0.0197. The lowest BCUT2D eigenvalue weighted by molar-refractivity contribution is -0.301. The first-order chi connectivity index (χ1) is 32.6. The van der Waals surface area contributed by atoms with Crippen molar-refractivity contribution in [2.75, 3.05) is 26.4 Å². The van der Waals surface area contributed by atoms with Crippen LogP contribution in [0.4, 0.5) is 0 Å². The predicted octanol–water partition coefficient (Wildman–Crippen LogP) is 12.9. The van der Waals surface area contributed by atoms with Crippen molar-refractivity contribution in [2.24, 2.45) is 0 Å². The van der Waals surface area contributed by atoms with E-state index in [1.54, 1.807) is 0 Å². The van der Waals surface area contributed by atoms with Crippen LogP contribution in [0.3, 0.4) is 0 Å². The molecule has 0 radical (unpaired) electrons. The highest BCUT2D eigenvalue weighted by molar-refractivity contribution is 7.80. The Bertz CT molecular complexity index is 1310. The number of carbonyl (C=O) groups excluding carboxylic acids is 1. The van der Waals surface area contributed by atoms with Gasteiger partial charge in [-0.3, -0.25) is 9.35 Å². The zero-order chi connectivity index (χ0) is 48.9. The molecule has 0 aromatic carbocycles. The summed E-state index contributed by atoms with van der Waals surface area (Å²) >= 11 is 0. The van der Waals surface area contributed by atoms with E-state index in [9.17, 15) is 33.1 Å². The Morgan fingerprint density at radius 1 is 0.567 bits per heavy atom. The molecule has 0 bridgehead atoms. The number of aliphatic hydroxyl groups is 3. The van der Waals surface area contributed by atoms with Crippen molar-refractivity contribution in [3.05, 3.63) is 36.5 Å². The van der Waals surface area contributed by atoms with Crippen LogP contribution in [0.25, 0.3) is 0 Å². The van der Waals surface area contributed by atoms with E-state index in [0.717, 1.165) is 51.4 Å². The number of carbonyl (C=O) groups is 1. The van der Waals surface area contributed by atoms with Crippen molar-refractivity contribution < 1.29 is 56.2 Å². The van der Waals surface area contributed by atoms with E-state index in [2.05, 4.69) is 54.5 Å². The minimum absolute atomic E-state index is 0.0327. The van der Waals surface area contributed by atoms with Gasteiger partial charge < -0.3 is 34.3 Å². The minimum atomic E-state index is -5.07. The third-order valence-electron chi connectivity index (χ3n) is 12.5. The van der Waals surface area contributed by atoms with Crippen LogP contribution in [0.5, 0.6) is 0 Å². The summed E-state index contributed by atoms with van der Waals surface area (Å²) in [6.07, 6.45) is 46.0. The molecule has 6 atom stereocenters. The summed E-state index contributed by atoms with van der Waals surface area (Å²) in [5, 5.41) is 30.8. The molecular weight excluding hydrogens is 873 g/mol. The average molecular weight is 973 g/mol. The zero-order valence-corrected chi connectivity index (χ0v) is 43.3. The first kappa shape index (κ1) is 63.3. The largest absolute Gasteiger partial charge is 0.457 e. The van der Waals surface area contributed by atoms with E-state index in [1.807, 2.05) is 0 Å². The molecular formula is C54H100O12S. The van der Waals surface area contributed by atoms with E-state index >= 15 is 0 Å². The standard InChI is InChI=1S/C54H100O12S/c1-3-5-7-9-11-13-15-17-19-21-23-24-25-27-29-31-33-35-37-39-41-43-50(56)64-48(47-63-54-52(58)53(66-67(59,60)61)51(57)49(45-55)65-54)46-62-44-42-40-38-36-34-32-30-28-26-22-20-18-16-14-12-10-8-6-4-2/h14,16,20-23,48-49,51-55,57-58H,3-13,15,17-19,24-47H2,1-2H3,(H,59,60,61)/b16-14-,22-20-,23-21-. The van der Waals surface area contributed by atoms with Crippen LogP contribution in [0, 0.1) is 0 Å². The van der Waals surface area contributed by atoms with Crippen molar-refractivity contribution >= 4 is 16.4 Å². The van der Waals surface area contributed by atoms with Crippen LogP contribution >= 0.6 is 0 Å². The second-order valence-corrected chi connectivity index (χ2v) is 19.9. The third kappa shape index (κ3) is 38.7. The molecule has 1 rings (SSSR count). The molecule has 12 nitrogen and oxygen atoms in total. The highest BCUT2D eigenvalue weighted by Gasteiger charge is 2.48. The van der Waals surface area contributed by atoms with Gasteiger partial charge in [0.2, 0.25) is 0 Å². The Labute approximate surface area is 409 Å². The van der Waals surface area contributed by atoms with E-state index in [1.165, 1.54) is 161 Å². The normalized spacial score (nSPS) is 19.6. The fourth-order valence-electron chi connectivity index (χ4n) is 8.35. The van der Waals surface area contributed by atoms with Gasteiger partial charge in [-0.25, -0.2) is 4.18 Å². The Morgan fingerprint density at radius 2 is 0.985 bits per heavy atom. The lowest BCUT2D eigenvalue weighted by Gasteiger charge is -2.41. The maximum absolute atomic E-state index is 12.9. The van der Waals surface area contributed by atoms with Gasteiger partial charge in [0.15, 0.2) is 6.29 Å². The van der Waals surface area contributed by atoms with Gasteiger partial charge in [-0.1, -0.05) is 198 Å². The van der Waals surface area contributed by atoms with Crippen molar-refractivity contribution in [3.63, 3.8) is 0 Å². The van der Waals surface area contributed by atoms with E-state index < -0.39 is 59.8 Å². The molecule has 1 fully saturated rings. The number of unbranched alkanes of at least 4 members (excludes halogenated alkanes) is 29. The fourth-order valence-corrected chi connectivity index (χ4v) is 8.85. The molecule has 394 valence electrons. The van der Waals surface area contributed by atoms with Crippen molar-refractivity contribution in [3.8, 4) is 0 Å². The van der Waals surface area contributed by atoms with Crippen LogP contribution in [0.2, 0.25) is 0 Å². The van der Waals surface area contributed by atoms with Gasteiger partial charge in [-0.2, -0.15) is 8.42 Å². The summed E-state index contributed by atoms with van der Waals surface area (Å²) in [7, 11) is -5.07. The third-order valence-corrected chi connectivity index (χ3v) is 13.0. The van der Waals surface area contributed by atoms with Crippen LogP contribution in [-0.4, -0.2) is 97.5 Å². The summed E-state index contributed by atoms with van der Waals surface area (Å²) < 4.78 is 59.3. The van der Waals surface area contributed by atoms with Gasteiger partial charge in [0.25, 0.3) is 0 Å². The number of rotatable bonds is 48. The second kappa shape index (κ2) is 45.5. The number of ether oxygens (including phenoxy) is 4. The van der Waals surface area contributed by atoms with Gasteiger partial charge >= 0.3 is 16.4 Å². The molecule has 67 heavy (non-hydrogen) atoms. The lowest BCUT2D eigenvalue weighted by Crippen LogP contribution is -2.60. The van der Waals surface area contributed by atoms with Gasteiger partial charge in [-0.15, -0.1) is 0 Å². The average Bonchev–Trinajstić information content (AvgIpc) is 3.30. The first-order valence-corrected chi connectivity index (χ1v) is 28.6. The highest BCUT2D eigenvalue weighted by Crippen LogP contribution is 2.26. The van der Waals surface area contributed by atoms with Gasteiger partial charge in [0.05, 0.1) is 19.8 Å². The van der Waals surface area contributed by atoms with E-state index in [0.29, 0.717) is 13.0 Å². The molecule has 1 saturated heterocycles. The van der Waals surface area contributed by atoms with Gasteiger partial charge in [0, 0.05) is 13.0 Å². The van der Waals surface area contributed by atoms with Crippen LogP contribution in [-0.2, 0) is 38.3 Å². The first-order valence-electron chi connectivity index (χ1n) is 27.2. The smallest absolute Gasteiger partial charge is 0.397 e. The fraction of sp³-hybridized carbons (Fsp3) is 0.870. The summed E-state index contributed by atoms with van der Waals surface area (Å²) in [4.78, 5) is 12.9. The molecule has 0 amide bonds. The Morgan fingerprint density at radius 3 is 1.45 bits per heavy atom. The molecule has 1 heterocycles. The maximum Gasteiger partial charge on any atom is 0.397 e. The molecule has 0 aromatic heterocycles. The number of allylic oxidation sites excluding steroid dienone is 6. The van der Waals surface area contributed by atoms with Gasteiger partial charge in [-0.05, 0) is 70.6 Å². The molecule has 1 aliphatic heterocycles. The zero-order valence-electron chi connectivity index (χ0n) is 42.5. The molecule has 0 spiro atoms. The molecule has 0 saturated carbocycles. The Hall–Kier alpha value is -1.68. The van der Waals surface area contributed by atoms with E-state index in [4.69, 9.17) is 18.9 Å². The highest BCUT2D eigenvalue weighted by atomic mass is 32.3. The number of hydrogen-bond acceptors (Lipinski definition) is 11. The summed E-state index contributed by atoms with van der Waals surface area (Å²) in [6.45, 7) is 3.99. The Balaban J connectivity index is 2.34. The van der Waals surface area contributed by atoms with Crippen molar-refractivity contribution in [1.29, 1.82) is 0 Å². The molecule has 13 heteroatoms. The summed E-state index contributed by atoms with van der Waals surface area (Å²) in [5.41, 5.74) is 0. The van der Waals surface area contributed by atoms with Crippen LogP contribution < -0.4 is 0 Å². The van der Waals surface area contributed by atoms with Gasteiger partial charge in [0.1, 0.15) is 30.5 Å². The van der Waals surface area contributed by atoms with Crippen molar-refractivity contribution in [1.82, 2.24) is 0 Å². The minimum Gasteiger partial charge on any atom is -0.457 e. The molecule has 4 N–H and O–H groups in total. The lowest BCUT2D eigenvalue weighted by atomic mass is 9.99. The topological polar surface area (TPSA) is 178 Å². The molecule has 1 aliphatic rings. The number of hydrogen-bond donors (Lipinski definition) is 4. The van der Waals surface area contributed by atoms with Crippen molar-refractivity contribution in [2.45, 2.75) is 275 Å². The van der Waals surface area contributed by atoms with E-state index in [-0.39, 0.29) is 19.6 Å². The number of aliphatic hydroxyl groups excluding tert-OH is 3. The molecule has 0 aliphatic carbocycles. The molecule has 0 aromatic rings. The number of esters is 1. The monoisotopic (exact) mass is 973 g/mol. The Kier molecular flexibility index (Phi) is 43.0. The van der Waals surface area contributed by atoms with Crippen LogP contribution in [0.15, 0.2) is 36.5 Å². The SMILES string of the molecule is CCCCCC/C=C\C/C=C\CCCCCCCCCCOCC(COC1OC(CO)C(O)C(OS(=O)(=O)O)C1O)OC(=O)CCCCCCCCCCC/C=C\CCCCCCCCCC.